The predicted octanol–water partition coefficient (Wildman–Crippen LogP) is 4.59. The summed E-state index contributed by atoms with van der Waals surface area (Å²) in [5.41, 5.74) is 3.51. The Balaban J connectivity index is 1.66. The minimum Gasteiger partial charge on any atom is -0.497 e. The van der Waals surface area contributed by atoms with Crippen LogP contribution in [0.2, 0.25) is 0 Å². The van der Waals surface area contributed by atoms with Gasteiger partial charge < -0.3 is 19.4 Å². The molecule has 0 fully saturated rings. The van der Waals surface area contributed by atoms with Crippen LogP contribution in [0.25, 0.3) is 11.0 Å². The first kappa shape index (κ1) is 20.5. The smallest absolute Gasteiger partial charge is 0.251 e. The van der Waals surface area contributed by atoms with Crippen LogP contribution in [0, 0.1) is 0 Å². The molecule has 1 heterocycles. The number of hydrogen-bond donors (Lipinski definition) is 1. The first-order chi connectivity index (χ1) is 15.1. The van der Waals surface area contributed by atoms with Crippen molar-refractivity contribution in [3.05, 3.63) is 89.7 Å². The Bertz CT molecular complexity index is 1200. The van der Waals surface area contributed by atoms with Crippen LogP contribution in [0.4, 0.5) is 0 Å². The summed E-state index contributed by atoms with van der Waals surface area (Å²) in [7, 11) is 3.27. The number of imidazole rings is 1. The van der Waals surface area contributed by atoms with E-state index in [0.29, 0.717) is 17.9 Å². The molecular weight excluding hydrogens is 390 g/mol. The Morgan fingerprint density at radius 2 is 1.68 bits per heavy atom. The second-order valence-electron chi connectivity index (χ2n) is 7.28. The summed E-state index contributed by atoms with van der Waals surface area (Å²) >= 11 is 0. The minimum atomic E-state index is -0.295. The summed E-state index contributed by atoms with van der Waals surface area (Å²) in [6.07, 6.45) is 0. The van der Waals surface area contributed by atoms with E-state index in [4.69, 9.17) is 14.5 Å². The zero-order valence-electron chi connectivity index (χ0n) is 17.8. The van der Waals surface area contributed by atoms with Gasteiger partial charge in [0.2, 0.25) is 0 Å². The lowest BCUT2D eigenvalue weighted by Crippen LogP contribution is -2.28. The number of carbonyl (C=O) groups excluding carboxylic acids is 1. The summed E-state index contributed by atoms with van der Waals surface area (Å²) < 4.78 is 12.8. The predicted molar refractivity (Wildman–Crippen MR) is 121 cm³/mol. The standard InChI is InChI=1S/C25H25N3O3/c1-17(26-25(29)18-12-14-20(30-2)15-13-18)24-27-21-9-5-6-10-22(21)28(24)16-19-8-4-7-11-23(19)31-3/h4-15,17H,16H2,1-3H3,(H,26,29). The van der Waals surface area contributed by atoms with Crippen LogP contribution in [0.15, 0.2) is 72.8 Å². The van der Waals surface area contributed by atoms with Crippen molar-refractivity contribution >= 4 is 16.9 Å². The number of nitrogens with one attached hydrogen (secondary N) is 1. The maximum Gasteiger partial charge on any atom is 0.251 e. The molecule has 31 heavy (non-hydrogen) atoms. The molecule has 0 saturated carbocycles. The number of para-hydroxylation sites is 3. The van der Waals surface area contributed by atoms with Gasteiger partial charge in [0.25, 0.3) is 5.91 Å². The Hall–Kier alpha value is -3.80. The molecule has 0 spiro atoms. The Morgan fingerprint density at radius 1 is 0.968 bits per heavy atom. The second-order valence-corrected chi connectivity index (χ2v) is 7.28. The largest absolute Gasteiger partial charge is 0.497 e. The number of methoxy groups -OCH3 is 2. The molecule has 4 rings (SSSR count). The van der Waals surface area contributed by atoms with Crippen LogP contribution < -0.4 is 14.8 Å². The third kappa shape index (κ3) is 4.23. The average molecular weight is 415 g/mol. The van der Waals surface area contributed by atoms with Gasteiger partial charge in [-0.05, 0) is 49.4 Å². The number of carbonyl (C=O) groups is 1. The minimum absolute atomic E-state index is 0.161. The van der Waals surface area contributed by atoms with Crippen LogP contribution in [-0.2, 0) is 6.54 Å². The molecular formula is C25H25N3O3. The van der Waals surface area contributed by atoms with Gasteiger partial charge in [-0.15, -0.1) is 0 Å². The molecule has 6 nitrogen and oxygen atoms in total. The van der Waals surface area contributed by atoms with Gasteiger partial charge in [-0.25, -0.2) is 4.98 Å². The zero-order chi connectivity index (χ0) is 21.8. The fraction of sp³-hybridized carbons (Fsp3) is 0.200. The van der Waals surface area contributed by atoms with Crippen molar-refractivity contribution in [2.75, 3.05) is 14.2 Å². The van der Waals surface area contributed by atoms with Crippen molar-refractivity contribution < 1.29 is 14.3 Å². The molecule has 1 unspecified atom stereocenters. The van der Waals surface area contributed by atoms with Crippen LogP contribution in [0.1, 0.15) is 34.7 Å². The van der Waals surface area contributed by atoms with Crippen LogP contribution in [0.3, 0.4) is 0 Å². The first-order valence-electron chi connectivity index (χ1n) is 10.1. The van der Waals surface area contributed by atoms with Crippen molar-refractivity contribution in [3.8, 4) is 11.5 Å². The third-order valence-electron chi connectivity index (χ3n) is 5.29. The van der Waals surface area contributed by atoms with Crippen molar-refractivity contribution in [2.45, 2.75) is 19.5 Å². The maximum absolute atomic E-state index is 12.8. The van der Waals surface area contributed by atoms with E-state index in [0.717, 1.165) is 28.2 Å². The molecule has 158 valence electrons. The number of rotatable bonds is 7. The Morgan fingerprint density at radius 3 is 2.42 bits per heavy atom. The summed E-state index contributed by atoms with van der Waals surface area (Å²) in [6.45, 7) is 2.53. The fourth-order valence-electron chi connectivity index (χ4n) is 3.68. The van der Waals surface area contributed by atoms with Gasteiger partial charge in [0.1, 0.15) is 17.3 Å². The van der Waals surface area contributed by atoms with Crippen LogP contribution >= 0.6 is 0 Å². The van der Waals surface area contributed by atoms with Gasteiger partial charge in [-0.2, -0.15) is 0 Å². The molecule has 1 atom stereocenters. The highest BCUT2D eigenvalue weighted by Gasteiger charge is 2.20. The van der Waals surface area contributed by atoms with Gasteiger partial charge in [0.05, 0.1) is 37.8 Å². The van der Waals surface area contributed by atoms with Crippen molar-refractivity contribution in [3.63, 3.8) is 0 Å². The fourth-order valence-corrected chi connectivity index (χ4v) is 3.68. The monoisotopic (exact) mass is 415 g/mol. The number of aromatic nitrogens is 2. The highest BCUT2D eigenvalue weighted by Crippen LogP contribution is 2.26. The van der Waals surface area contributed by atoms with Crippen molar-refractivity contribution in [1.82, 2.24) is 14.9 Å². The highest BCUT2D eigenvalue weighted by atomic mass is 16.5. The number of hydrogen-bond acceptors (Lipinski definition) is 4. The van der Waals surface area contributed by atoms with Gasteiger partial charge in [-0.1, -0.05) is 30.3 Å². The normalized spacial score (nSPS) is 11.8. The lowest BCUT2D eigenvalue weighted by atomic mass is 10.1. The third-order valence-corrected chi connectivity index (χ3v) is 5.29. The molecule has 0 aliphatic rings. The van der Waals surface area contributed by atoms with Crippen LogP contribution in [-0.4, -0.2) is 29.7 Å². The van der Waals surface area contributed by atoms with Gasteiger partial charge in [0, 0.05) is 11.1 Å². The number of fused-ring (bicyclic) bond motifs is 1. The van der Waals surface area contributed by atoms with E-state index >= 15 is 0 Å². The zero-order valence-corrected chi connectivity index (χ0v) is 17.8. The SMILES string of the molecule is COc1ccc(C(=O)NC(C)c2nc3ccccc3n2Cc2ccccc2OC)cc1. The van der Waals surface area contributed by atoms with Crippen molar-refractivity contribution in [2.24, 2.45) is 0 Å². The lowest BCUT2D eigenvalue weighted by Gasteiger charge is -2.17. The second kappa shape index (κ2) is 8.92. The maximum atomic E-state index is 12.8. The van der Waals surface area contributed by atoms with Crippen LogP contribution in [0.5, 0.6) is 11.5 Å². The molecule has 4 aromatic rings. The lowest BCUT2D eigenvalue weighted by molar-refractivity contribution is 0.0937. The van der Waals surface area contributed by atoms with E-state index in [1.807, 2.05) is 55.5 Å². The molecule has 3 aromatic carbocycles. The number of ether oxygens (including phenoxy) is 2. The van der Waals surface area contributed by atoms with Gasteiger partial charge in [0.15, 0.2) is 0 Å². The van der Waals surface area contributed by atoms with E-state index < -0.39 is 0 Å². The van der Waals surface area contributed by atoms with E-state index in [9.17, 15) is 4.79 Å². The number of amides is 1. The molecule has 0 aliphatic carbocycles. The van der Waals surface area contributed by atoms with E-state index in [1.54, 1.807) is 38.5 Å². The van der Waals surface area contributed by atoms with E-state index in [1.165, 1.54) is 0 Å². The summed E-state index contributed by atoms with van der Waals surface area (Å²) in [5, 5.41) is 3.07. The molecule has 0 aliphatic heterocycles. The molecule has 1 amide bonds. The number of benzene rings is 3. The highest BCUT2D eigenvalue weighted by molar-refractivity contribution is 5.94. The topological polar surface area (TPSA) is 65.4 Å². The van der Waals surface area contributed by atoms with E-state index in [2.05, 4.69) is 9.88 Å². The summed E-state index contributed by atoms with van der Waals surface area (Å²) in [4.78, 5) is 17.6. The molecule has 0 radical (unpaired) electrons. The van der Waals surface area contributed by atoms with Crippen molar-refractivity contribution in [1.29, 1.82) is 0 Å². The molecule has 0 saturated heterocycles. The molecule has 0 bridgehead atoms. The quantitative estimate of drug-likeness (QED) is 0.479. The summed E-state index contributed by atoms with van der Waals surface area (Å²) in [6, 6.07) is 22.7. The summed E-state index contributed by atoms with van der Waals surface area (Å²) in [5.74, 6) is 2.16. The molecule has 1 N–H and O–H groups in total. The van der Waals surface area contributed by atoms with Gasteiger partial charge >= 0.3 is 0 Å². The average Bonchev–Trinajstić information content (AvgIpc) is 3.18. The Kier molecular flexibility index (Phi) is 5.89. The Labute approximate surface area is 181 Å². The molecule has 1 aromatic heterocycles. The van der Waals surface area contributed by atoms with Gasteiger partial charge in [-0.3, -0.25) is 4.79 Å². The first-order valence-corrected chi connectivity index (χ1v) is 10.1. The molecule has 6 heteroatoms. The van der Waals surface area contributed by atoms with E-state index in [-0.39, 0.29) is 11.9 Å². The number of nitrogens with zero attached hydrogens (tertiary/aromatic N) is 2.